The molecule has 162 valence electrons. The molecule has 3 atom stereocenters. The molecule has 4 N–H and O–H groups in total. The summed E-state index contributed by atoms with van der Waals surface area (Å²) < 4.78 is 22.2. The molecule has 1 saturated heterocycles. The van der Waals surface area contributed by atoms with E-state index in [-0.39, 0.29) is 11.5 Å². The van der Waals surface area contributed by atoms with Gasteiger partial charge < -0.3 is 25.5 Å². The molecule has 0 radical (unpaired) electrons. The molecule has 0 aromatic carbocycles. The molecule has 7 nitrogen and oxygen atoms in total. The fourth-order valence-electron chi connectivity index (χ4n) is 5.31. The molecule has 0 unspecified atom stereocenters. The second kappa shape index (κ2) is 7.55. The summed E-state index contributed by atoms with van der Waals surface area (Å²) in [5.41, 5.74) is 6.05. The molecule has 2 aromatic heterocycles. The predicted molar refractivity (Wildman–Crippen MR) is 116 cm³/mol. The van der Waals surface area contributed by atoms with Crippen molar-refractivity contribution in [2.75, 3.05) is 18.8 Å². The third-order valence-electron chi connectivity index (χ3n) is 6.63. The van der Waals surface area contributed by atoms with Crippen LogP contribution in [-0.4, -0.2) is 50.6 Å². The van der Waals surface area contributed by atoms with E-state index in [1.807, 2.05) is 16.8 Å². The molecule has 3 aliphatic carbocycles. The van der Waals surface area contributed by atoms with Gasteiger partial charge in [-0.15, -0.1) is 0 Å². The van der Waals surface area contributed by atoms with Crippen LogP contribution in [0.4, 0.5) is 10.2 Å². The molecular weight excluding hydrogens is 453 g/mol. The number of hydrogen-bond donors (Lipinski definition) is 3. The van der Waals surface area contributed by atoms with Crippen molar-refractivity contribution in [2.24, 2.45) is 5.41 Å². The largest absolute Gasteiger partial charge is 0.388 e. The van der Waals surface area contributed by atoms with Crippen LogP contribution in [0.2, 0.25) is 0 Å². The number of alkyl halides is 1. The van der Waals surface area contributed by atoms with Crippen molar-refractivity contribution in [3.05, 3.63) is 29.1 Å². The van der Waals surface area contributed by atoms with Crippen LogP contribution < -0.4 is 11.1 Å². The number of aromatic nitrogens is 3. The Balaban J connectivity index is 1.10. The summed E-state index contributed by atoms with van der Waals surface area (Å²) >= 11 is 3.49. The Morgan fingerprint density at radius 2 is 2.20 bits per heavy atom. The van der Waals surface area contributed by atoms with Gasteiger partial charge in [0.15, 0.2) is 6.23 Å². The number of aliphatic hydroxyl groups is 1. The quantitative estimate of drug-likeness (QED) is 0.397. The van der Waals surface area contributed by atoms with Crippen molar-refractivity contribution in [2.45, 2.75) is 62.6 Å². The number of nitrogens with two attached hydrogens (primary N) is 1. The molecule has 30 heavy (non-hydrogen) atoms. The number of nitrogen functional groups attached to an aromatic ring is 1. The number of ether oxygens (including phenoxy) is 1. The van der Waals surface area contributed by atoms with Crippen LogP contribution >= 0.6 is 15.9 Å². The molecule has 9 heteroatoms. The summed E-state index contributed by atoms with van der Waals surface area (Å²) in [6, 6.07) is 0. The van der Waals surface area contributed by atoms with E-state index < -0.39 is 18.0 Å². The van der Waals surface area contributed by atoms with Gasteiger partial charge in [-0.3, -0.25) is 0 Å². The lowest BCUT2D eigenvalue weighted by Gasteiger charge is -2.66. The van der Waals surface area contributed by atoms with E-state index in [1.54, 1.807) is 0 Å². The molecule has 0 amide bonds. The number of nitrogens with one attached hydrogen (secondary N) is 1. The van der Waals surface area contributed by atoms with Crippen molar-refractivity contribution in [3.8, 4) is 0 Å². The zero-order valence-corrected chi connectivity index (χ0v) is 18.3. The predicted octanol–water partition coefficient (Wildman–Crippen LogP) is 3.24. The number of aliphatic hydroxyl groups excluding tert-OH is 1. The van der Waals surface area contributed by atoms with Crippen LogP contribution in [-0.2, 0) is 4.74 Å². The summed E-state index contributed by atoms with van der Waals surface area (Å²) in [5, 5.41) is 14.7. The van der Waals surface area contributed by atoms with E-state index in [9.17, 15) is 9.50 Å². The van der Waals surface area contributed by atoms with E-state index >= 15 is 0 Å². The first-order valence-corrected chi connectivity index (χ1v) is 11.3. The second-order valence-corrected chi connectivity index (χ2v) is 9.99. The van der Waals surface area contributed by atoms with Gasteiger partial charge in [0.1, 0.15) is 29.6 Å². The third-order valence-corrected chi connectivity index (χ3v) is 7.24. The highest BCUT2D eigenvalue weighted by atomic mass is 79.9. The molecule has 4 aliphatic rings. The number of hydrogen-bond acceptors (Lipinski definition) is 6. The van der Waals surface area contributed by atoms with Crippen molar-refractivity contribution in [1.82, 2.24) is 19.9 Å². The van der Waals surface area contributed by atoms with E-state index in [2.05, 4.69) is 37.3 Å². The van der Waals surface area contributed by atoms with Gasteiger partial charge >= 0.3 is 0 Å². The van der Waals surface area contributed by atoms with Crippen molar-refractivity contribution >= 4 is 32.8 Å². The lowest BCUT2D eigenvalue weighted by atomic mass is 9.42. The molecule has 2 aromatic rings. The summed E-state index contributed by atoms with van der Waals surface area (Å²) in [6.07, 6.45) is 10.8. The van der Waals surface area contributed by atoms with Crippen LogP contribution in [0.1, 0.15) is 44.8 Å². The number of allylic oxidation sites excluding steroid dienone is 1. The Labute approximate surface area is 183 Å². The van der Waals surface area contributed by atoms with Crippen molar-refractivity contribution < 1.29 is 14.2 Å². The Bertz CT molecular complexity index is 960. The van der Waals surface area contributed by atoms with Crippen LogP contribution in [0, 0.1) is 5.41 Å². The summed E-state index contributed by atoms with van der Waals surface area (Å²) in [4.78, 5) is 8.34. The van der Waals surface area contributed by atoms with Crippen LogP contribution in [0.3, 0.4) is 0 Å². The molecular formula is C21H27BrFN5O2. The fourth-order valence-corrected chi connectivity index (χ4v) is 5.91. The Hall–Kier alpha value is -1.55. The van der Waals surface area contributed by atoms with Crippen molar-refractivity contribution in [3.63, 3.8) is 0 Å². The molecule has 1 aliphatic heterocycles. The molecule has 6 rings (SSSR count). The number of unbranched alkanes of at least 4 members (excludes halogenated alkanes) is 1. The number of anilines is 1. The molecule has 0 spiro atoms. The lowest BCUT2D eigenvalue weighted by Crippen LogP contribution is -2.67. The van der Waals surface area contributed by atoms with Gasteiger partial charge in [-0.1, -0.05) is 12.2 Å². The topological polar surface area (TPSA) is 98.2 Å². The monoisotopic (exact) mass is 479 g/mol. The number of nitrogens with zero attached hydrogens (tertiary/aromatic N) is 3. The first-order valence-electron chi connectivity index (χ1n) is 10.5. The Kier molecular flexibility index (Phi) is 5.12. The van der Waals surface area contributed by atoms with Gasteiger partial charge in [-0.05, 0) is 60.0 Å². The highest BCUT2D eigenvalue weighted by Crippen LogP contribution is 2.69. The third kappa shape index (κ3) is 3.55. The first kappa shape index (κ1) is 20.4. The van der Waals surface area contributed by atoms with E-state index in [1.165, 1.54) is 6.33 Å². The summed E-state index contributed by atoms with van der Waals surface area (Å²) in [5.74, 6) is 0.390. The SMILES string of the molecule is Nc1ncnc2c1c(Br)cn2[C@@H]1O[C@H](/C=C/CCCNCC23CC(F)(C2)C3)C[C@H]1O. The second-order valence-electron chi connectivity index (χ2n) is 9.14. The maximum Gasteiger partial charge on any atom is 0.162 e. The minimum Gasteiger partial charge on any atom is -0.388 e. The lowest BCUT2D eigenvalue weighted by molar-refractivity contribution is -0.209. The van der Waals surface area contributed by atoms with E-state index in [0.29, 0.717) is 17.9 Å². The van der Waals surface area contributed by atoms with Gasteiger partial charge in [-0.2, -0.15) is 0 Å². The molecule has 3 saturated carbocycles. The zero-order chi connectivity index (χ0) is 20.9. The minimum absolute atomic E-state index is 0.144. The van der Waals surface area contributed by atoms with Crippen LogP contribution in [0.15, 0.2) is 29.1 Å². The minimum atomic E-state index is -0.809. The van der Waals surface area contributed by atoms with Gasteiger partial charge in [0.05, 0.1) is 11.5 Å². The van der Waals surface area contributed by atoms with E-state index in [0.717, 1.165) is 55.1 Å². The van der Waals surface area contributed by atoms with Gasteiger partial charge in [-0.25, -0.2) is 14.4 Å². The number of halogens is 2. The van der Waals surface area contributed by atoms with Gasteiger partial charge in [0, 0.05) is 23.6 Å². The number of fused-ring (bicyclic) bond motifs is 1. The van der Waals surface area contributed by atoms with Crippen LogP contribution in [0.25, 0.3) is 11.0 Å². The standard InChI is InChI=1S/C21H27BrFN5O2/c22-14-7-28(18-16(14)17(24)26-12-27-18)19-15(29)6-13(30-19)4-2-1-3-5-25-11-20-8-21(23,9-20)10-20/h2,4,7,12-13,15,19,25,29H,1,3,5-6,8-11H2,(H2,24,26,27)/b4-2+/t13-,15-,19-,20?,21?/m1/s1. The van der Waals surface area contributed by atoms with E-state index in [4.69, 9.17) is 10.5 Å². The molecule has 4 fully saturated rings. The number of rotatable bonds is 8. The maximum atomic E-state index is 13.5. The van der Waals surface area contributed by atoms with Gasteiger partial charge in [0.2, 0.25) is 0 Å². The normalized spacial score (nSPS) is 35.1. The average Bonchev–Trinajstić information content (AvgIpc) is 3.18. The van der Waals surface area contributed by atoms with Crippen LogP contribution in [0.5, 0.6) is 0 Å². The molecule has 3 heterocycles. The molecule has 2 bridgehead atoms. The Morgan fingerprint density at radius 1 is 1.40 bits per heavy atom. The fraction of sp³-hybridized carbons (Fsp3) is 0.619. The smallest absolute Gasteiger partial charge is 0.162 e. The highest BCUT2D eigenvalue weighted by molar-refractivity contribution is 9.10. The average molecular weight is 480 g/mol. The summed E-state index contributed by atoms with van der Waals surface area (Å²) in [7, 11) is 0. The van der Waals surface area contributed by atoms with Gasteiger partial charge in [0.25, 0.3) is 0 Å². The zero-order valence-electron chi connectivity index (χ0n) is 16.7. The highest BCUT2D eigenvalue weighted by Gasteiger charge is 2.68. The Morgan fingerprint density at radius 3 is 2.97 bits per heavy atom. The maximum absolute atomic E-state index is 13.5. The van der Waals surface area contributed by atoms with Crippen molar-refractivity contribution in [1.29, 1.82) is 0 Å². The summed E-state index contributed by atoms with van der Waals surface area (Å²) in [6.45, 7) is 1.88. The first-order chi connectivity index (χ1) is 14.4.